The van der Waals surface area contributed by atoms with Gasteiger partial charge in [-0.25, -0.2) is 9.37 Å². The lowest BCUT2D eigenvalue weighted by Crippen LogP contribution is -2.25. The average Bonchev–Trinajstić information content (AvgIpc) is 3.26. The molecule has 0 atom stereocenters. The summed E-state index contributed by atoms with van der Waals surface area (Å²) in [5.41, 5.74) is 3.29. The molecular weight excluding hydrogens is 331 g/mol. The van der Waals surface area contributed by atoms with Crippen LogP contribution in [-0.4, -0.2) is 29.5 Å². The summed E-state index contributed by atoms with van der Waals surface area (Å²) in [5, 5.41) is 0. The zero-order valence-electron chi connectivity index (χ0n) is 16.8. The third-order valence-electron chi connectivity index (χ3n) is 3.89. The highest BCUT2D eigenvalue weighted by Gasteiger charge is 2.23. The van der Waals surface area contributed by atoms with E-state index >= 15 is 0 Å². The second-order valence-corrected chi connectivity index (χ2v) is 5.97. The number of imidazole rings is 1. The zero-order chi connectivity index (χ0) is 19.7. The summed E-state index contributed by atoms with van der Waals surface area (Å²) in [5.74, 6) is -0.540. The zero-order valence-corrected chi connectivity index (χ0v) is 16.8. The van der Waals surface area contributed by atoms with Crippen molar-refractivity contribution in [3.05, 3.63) is 41.7 Å². The number of amides is 1. The van der Waals surface area contributed by atoms with Crippen LogP contribution in [0.3, 0.4) is 0 Å². The Morgan fingerprint density at radius 2 is 2.00 bits per heavy atom. The molecule has 0 bridgehead atoms. The molecule has 0 saturated carbocycles. The number of carbonyl (C=O) groups is 1. The normalized spacial score (nSPS) is 11.7. The van der Waals surface area contributed by atoms with Gasteiger partial charge in [0.25, 0.3) is 0 Å². The van der Waals surface area contributed by atoms with Crippen molar-refractivity contribution in [3.8, 4) is 0 Å². The molecule has 1 aromatic carbocycles. The SMILES string of the molecule is CC.CC(=O)N(C)c1cc2c(cc1F)CCN2Cc1cnc[nH]1.CCC. The quantitative estimate of drug-likeness (QED) is 0.872. The van der Waals surface area contributed by atoms with Crippen molar-refractivity contribution in [1.82, 2.24) is 9.97 Å². The van der Waals surface area contributed by atoms with E-state index in [0.717, 1.165) is 29.9 Å². The summed E-state index contributed by atoms with van der Waals surface area (Å²) in [7, 11) is 1.58. The van der Waals surface area contributed by atoms with Crippen molar-refractivity contribution in [1.29, 1.82) is 0 Å². The topological polar surface area (TPSA) is 52.2 Å². The lowest BCUT2D eigenvalue weighted by atomic mass is 10.1. The first kappa shape index (κ1) is 21.7. The van der Waals surface area contributed by atoms with E-state index in [4.69, 9.17) is 0 Å². The van der Waals surface area contributed by atoms with E-state index in [0.29, 0.717) is 12.2 Å². The first-order chi connectivity index (χ1) is 12.5. The van der Waals surface area contributed by atoms with Crippen LogP contribution in [0.4, 0.5) is 15.8 Å². The van der Waals surface area contributed by atoms with E-state index in [1.807, 2.05) is 13.8 Å². The standard InChI is InChI=1S/C15H17FN4O.C3H8.C2H6/c1-10(21)19(2)15-6-14-11(5-13(15)16)3-4-20(14)8-12-7-17-9-18-12;1-3-2;1-2/h5-7,9H,3-4,8H2,1-2H3,(H,17,18);3H2,1-2H3;1-2H3. The van der Waals surface area contributed by atoms with Gasteiger partial charge in [0.2, 0.25) is 5.91 Å². The number of rotatable bonds is 3. The Labute approximate surface area is 156 Å². The maximum atomic E-state index is 14.1. The molecule has 1 aromatic heterocycles. The summed E-state index contributed by atoms with van der Waals surface area (Å²) >= 11 is 0. The number of anilines is 2. The number of aromatic amines is 1. The van der Waals surface area contributed by atoms with Crippen LogP contribution in [0.1, 0.15) is 52.3 Å². The van der Waals surface area contributed by atoms with E-state index in [1.54, 1.807) is 25.6 Å². The molecule has 0 unspecified atom stereocenters. The van der Waals surface area contributed by atoms with Gasteiger partial charge in [0, 0.05) is 32.4 Å². The first-order valence-electron chi connectivity index (χ1n) is 9.26. The van der Waals surface area contributed by atoms with Gasteiger partial charge < -0.3 is 14.8 Å². The Morgan fingerprint density at radius 1 is 1.35 bits per heavy atom. The van der Waals surface area contributed by atoms with Crippen LogP contribution in [-0.2, 0) is 17.8 Å². The van der Waals surface area contributed by atoms with E-state index in [2.05, 4.69) is 28.7 Å². The van der Waals surface area contributed by atoms with Crippen LogP contribution in [0.15, 0.2) is 24.7 Å². The molecule has 5 nitrogen and oxygen atoms in total. The molecule has 2 heterocycles. The number of H-pyrrole nitrogens is 1. The fourth-order valence-electron chi connectivity index (χ4n) is 2.63. The molecule has 0 saturated heterocycles. The molecule has 0 aliphatic carbocycles. The van der Waals surface area contributed by atoms with Crippen molar-refractivity contribution >= 4 is 17.3 Å². The van der Waals surface area contributed by atoms with Crippen molar-refractivity contribution in [2.45, 2.75) is 54.0 Å². The molecular formula is C20H31FN4O. The highest BCUT2D eigenvalue weighted by atomic mass is 19.1. The molecule has 2 aromatic rings. The second kappa shape index (κ2) is 10.6. The average molecular weight is 362 g/mol. The molecule has 26 heavy (non-hydrogen) atoms. The minimum absolute atomic E-state index is 0.188. The van der Waals surface area contributed by atoms with Gasteiger partial charge in [-0.1, -0.05) is 34.1 Å². The lowest BCUT2D eigenvalue weighted by molar-refractivity contribution is -0.116. The monoisotopic (exact) mass is 362 g/mol. The highest BCUT2D eigenvalue weighted by molar-refractivity contribution is 5.92. The van der Waals surface area contributed by atoms with Crippen LogP contribution >= 0.6 is 0 Å². The Balaban J connectivity index is 0.000000615. The van der Waals surface area contributed by atoms with Crippen LogP contribution in [0.25, 0.3) is 0 Å². The van der Waals surface area contributed by atoms with Crippen LogP contribution in [0.2, 0.25) is 0 Å². The summed E-state index contributed by atoms with van der Waals surface area (Å²) in [4.78, 5) is 22.0. The lowest BCUT2D eigenvalue weighted by Gasteiger charge is -2.22. The van der Waals surface area contributed by atoms with Gasteiger partial charge in [-0.2, -0.15) is 0 Å². The first-order valence-corrected chi connectivity index (χ1v) is 9.26. The van der Waals surface area contributed by atoms with Crippen molar-refractivity contribution in [2.24, 2.45) is 0 Å². The minimum Gasteiger partial charge on any atom is -0.365 e. The summed E-state index contributed by atoms with van der Waals surface area (Å²) in [6, 6.07) is 3.30. The number of hydrogen-bond acceptors (Lipinski definition) is 3. The fraction of sp³-hybridized carbons (Fsp3) is 0.500. The Bertz CT molecular complexity index is 685. The van der Waals surface area contributed by atoms with Crippen LogP contribution in [0, 0.1) is 5.82 Å². The third kappa shape index (κ3) is 5.31. The third-order valence-corrected chi connectivity index (χ3v) is 3.89. The van der Waals surface area contributed by atoms with E-state index < -0.39 is 0 Å². The molecule has 1 N–H and O–H groups in total. The Hall–Kier alpha value is -2.37. The highest BCUT2D eigenvalue weighted by Crippen LogP contribution is 2.34. The predicted octanol–water partition coefficient (Wildman–Crippen LogP) is 4.54. The van der Waals surface area contributed by atoms with Gasteiger partial charge in [0.05, 0.1) is 24.3 Å². The smallest absolute Gasteiger partial charge is 0.223 e. The molecule has 1 aliphatic heterocycles. The van der Waals surface area contributed by atoms with Gasteiger partial charge >= 0.3 is 0 Å². The molecule has 144 valence electrons. The summed E-state index contributed by atoms with van der Waals surface area (Å²) < 4.78 is 14.1. The van der Waals surface area contributed by atoms with Crippen molar-refractivity contribution in [2.75, 3.05) is 23.4 Å². The molecule has 0 fully saturated rings. The van der Waals surface area contributed by atoms with E-state index in [1.165, 1.54) is 24.3 Å². The van der Waals surface area contributed by atoms with Crippen LogP contribution < -0.4 is 9.80 Å². The number of nitrogens with one attached hydrogen (secondary N) is 1. The molecule has 0 radical (unpaired) electrons. The number of carbonyl (C=O) groups excluding carboxylic acids is 1. The number of aromatic nitrogens is 2. The van der Waals surface area contributed by atoms with E-state index in [9.17, 15) is 9.18 Å². The molecule has 0 spiro atoms. The fourth-order valence-corrected chi connectivity index (χ4v) is 2.63. The maximum Gasteiger partial charge on any atom is 0.223 e. The molecule has 1 amide bonds. The number of nitrogens with zero attached hydrogens (tertiary/aromatic N) is 3. The van der Waals surface area contributed by atoms with Crippen LogP contribution in [0.5, 0.6) is 0 Å². The molecule has 6 heteroatoms. The largest absolute Gasteiger partial charge is 0.365 e. The van der Waals surface area contributed by atoms with E-state index in [-0.39, 0.29) is 11.7 Å². The number of hydrogen-bond donors (Lipinski definition) is 1. The number of fused-ring (bicyclic) bond motifs is 1. The number of halogens is 1. The van der Waals surface area contributed by atoms with Gasteiger partial charge in [0.15, 0.2) is 0 Å². The second-order valence-electron chi connectivity index (χ2n) is 5.97. The summed E-state index contributed by atoms with van der Waals surface area (Å²) in [6.45, 7) is 11.2. The van der Waals surface area contributed by atoms with Gasteiger partial charge in [0.1, 0.15) is 5.82 Å². The van der Waals surface area contributed by atoms with Crippen molar-refractivity contribution < 1.29 is 9.18 Å². The summed E-state index contributed by atoms with van der Waals surface area (Å²) in [6.07, 6.45) is 5.49. The predicted molar refractivity (Wildman–Crippen MR) is 106 cm³/mol. The minimum atomic E-state index is -0.352. The molecule has 1 aliphatic rings. The maximum absolute atomic E-state index is 14.1. The van der Waals surface area contributed by atoms with Gasteiger partial charge in [-0.05, 0) is 24.1 Å². The van der Waals surface area contributed by atoms with Gasteiger partial charge in [-0.15, -0.1) is 0 Å². The van der Waals surface area contributed by atoms with Gasteiger partial charge in [-0.3, -0.25) is 4.79 Å². The number of benzene rings is 1. The Morgan fingerprint density at radius 3 is 2.54 bits per heavy atom. The van der Waals surface area contributed by atoms with Crippen molar-refractivity contribution in [3.63, 3.8) is 0 Å². The molecule has 3 rings (SSSR count). The Kier molecular flexibility index (Phi) is 8.82.